The lowest BCUT2D eigenvalue weighted by Gasteiger charge is -2.33. The van der Waals surface area contributed by atoms with Gasteiger partial charge in [0.15, 0.2) is 4.87 Å². The van der Waals surface area contributed by atoms with Crippen LogP contribution in [0.3, 0.4) is 0 Å². The van der Waals surface area contributed by atoms with E-state index in [0.717, 1.165) is 22.6 Å². The van der Waals surface area contributed by atoms with Crippen LogP contribution in [0.5, 0.6) is 11.5 Å². The second kappa shape index (κ2) is 8.95. The number of rotatable bonds is 5. The first kappa shape index (κ1) is 22.2. The first-order valence-corrected chi connectivity index (χ1v) is 12.0. The number of para-hydroxylation sites is 1. The van der Waals surface area contributed by atoms with Crippen molar-refractivity contribution < 1.29 is 19.1 Å². The number of urea groups is 1. The molecule has 1 spiro atoms. The molecule has 1 saturated heterocycles. The number of nitrogens with zero attached hydrogens (tertiary/aromatic N) is 2. The fourth-order valence-electron chi connectivity index (χ4n) is 4.54. The van der Waals surface area contributed by atoms with Gasteiger partial charge in [0.25, 0.3) is 5.91 Å². The molecule has 1 fully saturated rings. The number of ether oxygens (including phenoxy) is 2. The molecular weight excluding hydrogens is 450 g/mol. The van der Waals surface area contributed by atoms with Gasteiger partial charge in [0, 0.05) is 23.5 Å². The van der Waals surface area contributed by atoms with Crippen LogP contribution >= 0.6 is 11.8 Å². The molecule has 0 aromatic heterocycles. The zero-order valence-corrected chi connectivity index (χ0v) is 19.8. The summed E-state index contributed by atoms with van der Waals surface area (Å²) < 4.78 is 10.5. The minimum atomic E-state index is -1.09. The lowest BCUT2D eigenvalue weighted by Crippen LogP contribution is -2.51. The van der Waals surface area contributed by atoms with E-state index in [9.17, 15) is 9.59 Å². The third-order valence-corrected chi connectivity index (χ3v) is 7.58. The minimum Gasteiger partial charge on any atom is -0.497 e. The van der Waals surface area contributed by atoms with Crippen LogP contribution in [0.4, 0.5) is 16.2 Å². The number of hydrogen-bond acceptors (Lipinski definition) is 5. The van der Waals surface area contributed by atoms with Crippen LogP contribution in [-0.2, 0) is 16.2 Å². The second-order valence-electron chi connectivity index (χ2n) is 8.06. The second-order valence-corrected chi connectivity index (χ2v) is 9.35. The molecule has 3 aromatic carbocycles. The topological polar surface area (TPSA) is 71.1 Å². The zero-order valence-electron chi connectivity index (χ0n) is 19.0. The van der Waals surface area contributed by atoms with Gasteiger partial charge in [-0.05, 0) is 48.0 Å². The quantitative estimate of drug-likeness (QED) is 0.580. The van der Waals surface area contributed by atoms with Crippen molar-refractivity contribution in [2.75, 3.05) is 36.7 Å². The third kappa shape index (κ3) is 3.64. The molecule has 34 heavy (non-hydrogen) atoms. The lowest BCUT2D eigenvalue weighted by atomic mass is 10.1. The fourth-order valence-corrected chi connectivity index (χ4v) is 6.00. The first-order valence-electron chi connectivity index (χ1n) is 11.0. The molecule has 0 saturated carbocycles. The molecule has 3 amide bonds. The van der Waals surface area contributed by atoms with Crippen molar-refractivity contribution in [2.45, 2.75) is 11.4 Å². The van der Waals surface area contributed by atoms with Crippen LogP contribution in [0.1, 0.15) is 11.1 Å². The Morgan fingerprint density at radius 1 is 1.00 bits per heavy atom. The van der Waals surface area contributed by atoms with Gasteiger partial charge < -0.3 is 19.7 Å². The molecule has 7 nitrogen and oxygen atoms in total. The highest BCUT2D eigenvalue weighted by atomic mass is 32.2. The summed E-state index contributed by atoms with van der Waals surface area (Å²) in [5, 5.41) is 2.95. The molecule has 5 rings (SSSR count). The Morgan fingerprint density at radius 2 is 1.76 bits per heavy atom. The average Bonchev–Trinajstić information content (AvgIpc) is 3.42. The highest BCUT2D eigenvalue weighted by molar-refractivity contribution is 8.01. The molecule has 2 aliphatic heterocycles. The molecule has 1 N–H and O–H groups in total. The Bertz CT molecular complexity index is 1230. The number of thioether (sulfide) groups is 1. The Balaban J connectivity index is 1.47. The largest absolute Gasteiger partial charge is 0.497 e. The SMILES string of the molecule is COc1ccc(NC(=O)N2CCS[C@@]23C(=O)N(Cc2cccc(OC)c2)c2ccccc23)cc1. The van der Waals surface area contributed by atoms with Crippen LogP contribution in [-0.4, -0.2) is 43.4 Å². The molecule has 174 valence electrons. The van der Waals surface area contributed by atoms with E-state index < -0.39 is 4.87 Å². The number of amides is 3. The smallest absolute Gasteiger partial charge is 0.323 e. The Hall–Kier alpha value is -3.65. The Kier molecular flexibility index (Phi) is 5.83. The van der Waals surface area contributed by atoms with Crippen molar-refractivity contribution in [3.63, 3.8) is 0 Å². The number of nitrogens with one attached hydrogen (secondary N) is 1. The molecule has 1 atom stereocenters. The van der Waals surface area contributed by atoms with Gasteiger partial charge in [-0.25, -0.2) is 4.79 Å². The van der Waals surface area contributed by atoms with Gasteiger partial charge in [-0.1, -0.05) is 30.3 Å². The molecule has 0 radical (unpaired) electrons. The van der Waals surface area contributed by atoms with Crippen LogP contribution in [0.15, 0.2) is 72.8 Å². The van der Waals surface area contributed by atoms with E-state index in [1.165, 1.54) is 11.8 Å². The summed E-state index contributed by atoms with van der Waals surface area (Å²) >= 11 is 1.51. The van der Waals surface area contributed by atoms with E-state index in [1.807, 2.05) is 48.5 Å². The number of carbonyl (C=O) groups is 2. The number of carbonyl (C=O) groups excluding carboxylic acids is 2. The van der Waals surface area contributed by atoms with Crippen molar-refractivity contribution in [1.82, 2.24) is 4.90 Å². The van der Waals surface area contributed by atoms with Gasteiger partial charge in [-0.15, -0.1) is 11.8 Å². The summed E-state index contributed by atoms with van der Waals surface area (Å²) in [5.41, 5.74) is 3.27. The third-order valence-electron chi connectivity index (χ3n) is 6.16. The van der Waals surface area contributed by atoms with Crippen molar-refractivity contribution >= 4 is 35.1 Å². The number of methoxy groups -OCH3 is 2. The number of anilines is 2. The van der Waals surface area contributed by atoms with Crippen LogP contribution in [0, 0.1) is 0 Å². The summed E-state index contributed by atoms with van der Waals surface area (Å²) in [4.78, 5) is 29.8. The van der Waals surface area contributed by atoms with Gasteiger partial charge in [-0.3, -0.25) is 9.69 Å². The van der Waals surface area contributed by atoms with Crippen LogP contribution < -0.4 is 19.7 Å². The number of fused-ring (bicyclic) bond motifs is 2. The summed E-state index contributed by atoms with van der Waals surface area (Å²) in [5.74, 6) is 2.01. The molecule has 8 heteroatoms. The van der Waals surface area contributed by atoms with E-state index in [-0.39, 0.29) is 11.9 Å². The monoisotopic (exact) mass is 475 g/mol. The molecule has 2 aliphatic rings. The molecule has 0 bridgehead atoms. The Morgan fingerprint density at radius 3 is 2.53 bits per heavy atom. The van der Waals surface area contributed by atoms with Gasteiger partial charge in [0.2, 0.25) is 0 Å². The molecule has 2 heterocycles. The van der Waals surface area contributed by atoms with Crippen LogP contribution in [0.25, 0.3) is 0 Å². The molecule has 3 aromatic rings. The van der Waals surface area contributed by atoms with Gasteiger partial charge in [0.05, 0.1) is 26.5 Å². The molecule has 0 unspecified atom stereocenters. The normalized spacial score (nSPS) is 18.8. The summed E-state index contributed by atoms with van der Waals surface area (Å²) in [6.07, 6.45) is 0. The predicted octanol–water partition coefficient (Wildman–Crippen LogP) is 4.68. The van der Waals surface area contributed by atoms with Crippen molar-refractivity contribution in [1.29, 1.82) is 0 Å². The van der Waals surface area contributed by atoms with Gasteiger partial charge in [0.1, 0.15) is 11.5 Å². The van der Waals surface area contributed by atoms with Crippen molar-refractivity contribution in [2.24, 2.45) is 0 Å². The van der Waals surface area contributed by atoms with E-state index in [0.29, 0.717) is 30.3 Å². The Labute approximate surface area is 202 Å². The first-order chi connectivity index (χ1) is 16.6. The lowest BCUT2D eigenvalue weighted by molar-refractivity contribution is -0.123. The maximum Gasteiger partial charge on any atom is 0.323 e. The maximum absolute atomic E-state index is 14.0. The van der Waals surface area contributed by atoms with E-state index in [4.69, 9.17) is 9.47 Å². The molecular formula is C26H25N3O4S. The highest BCUT2D eigenvalue weighted by Gasteiger charge is 2.59. The molecule has 0 aliphatic carbocycles. The maximum atomic E-state index is 14.0. The van der Waals surface area contributed by atoms with E-state index in [2.05, 4.69) is 5.32 Å². The van der Waals surface area contributed by atoms with E-state index in [1.54, 1.807) is 48.3 Å². The van der Waals surface area contributed by atoms with Gasteiger partial charge in [-0.2, -0.15) is 0 Å². The van der Waals surface area contributed by atoms with Crippen LogP contribution in [0.2, 0.25) is 0 Å². The number of benzene rings is 3. The standard InChI is InChI=1S/C26H25N3O4S/c1-32-20-12-10-19(11-13-20)27-25(31)29-14-15-34-26(29)22-8-3-4-9-23(22)28(24(26)30)17-18-6-5-7-21(16-18)33-2/h3-13,16H,14-15,17H2,1-2H3,(H,27,31)/t26-/m0/s1. The highest BCUT2D eigenvalue weighted by Crippen LogP contribution is 2.54. The summed E-state index contributed by atoms with van der Waals surface area (Å²) in [6, 6.07) is 22.3. The minimum absolute atomic E-state index is 0.107. The van der Waals surface area contributed by atoms with Gasteiger partial charge >= 0.3 is 6.03 Å². The average molecular weight is 476 g/mol. The zero-order chi connectivity index (χ0) is 23.7. The van der Waals surface area contributed by atoms with E-state index >= 15 is 0 Å². The van der Waals surface area contributed by atoms with Crippen molar-refractivity contribution in [3.05, 3.63) is 83.9 Å². The summed E-state index contributed by atoms with van der Waals surface area (Å²) in [6.45, 7) is 0.864. The number of hydrogen-bond donors (Lipinski definition) is 1. The fraction of sp³-hybridized carbons (Fsp3) is 0.231. The van der Waals surface area contributed by atoms with Crippen molar-refractivity contribution in [3.8, 4) is 11.5 Å². The predicted molar refractivity (Wildman–Crippen MR) is 133 cm³/mol. The summed E-state index contributed by atoms with van der Waals surface area (Å²) in [7, 11) is 3.22.